The first-order chi connectivity index (χ1) is 14.4. The number of hydrogen-bond acceptors (Lipinski definition) is 5. The molecule has 6 nitrogen and oxygen atoms in total. The molecule has 0 saturated heterocycles. The fraction of sp³-hybridized carbons (Fsp3) is 0.227. The van der Waals surface area contributed by atoms with Crippen molar-refractivity contribution >= 4 is 29.3 Å². The van der Waals surface area contributed by atoms with Crippen molar-refractivity contribution in [2.24, 2.45) is 0 Å². The molecule has 0 bridgehead atoms. The highest BCUT2D eigenvalue weighted by atomic mass is 35.5. The molecule has 1 atom stereocenters. The SMILES string of the molecule is COc1cccc(CNC(=O)C(C)Sc2ccc(=O)n(-c3ccc(C)c(Cl)c3)n2)c1. The second-order valence-electron chi connectivity index (χ2n) is 6.68. The Morgan fingerprint density at radius 1 is 1.23 bits per heavy atom. The lowest BCUT2D eigenvalue weighted by atomic mass is 10.2. The highest BCUT2D eigenvalue weighted by molar-refractivity contribution is 8.00. The maximum absolute atomic E-state index is 12.5. The smallest absolute Gasteiger partial charge is 0.271 e. The molecule has 1 unspecified atom stereocenters. The van der Waals surface area contributed by atoms with Gasteiger partial charge in [0.1, 0.15) is 10.8 Å². The van der Waals surface area contributed by atoms with Crippen molar-refractivity contribution in [3.05, 3.63) is 81.1 Å². The Morgan fingerprint density at radius 2 is 2.03 bits per heavy atom. The quantitative estimate of drug-likeness (QED) is 0.559. The van der Waals surface area contributed by atoms with Crippen LogP contribution < -0.4 is 15.6 Å². The molecule has 1 N–H and O–H groups in total. The summed E-state index contributed by atoms with van der Waals surface area (Å²) in [5, 5.41) is 8.03. The van der Waals surface area contributed by atoms with Crippen LogP contribution in [0.5, 0.6) is 5.75 Å². The Hall–Kier alpha value is -2.77. The van der Waals surface area contributed by atoms with Gasteiger partial charge in [0, 0.05) is 17.6 Å². The zero-order chi connectivity index (χ0) is 21.7. The number of aryl methyl sites for hydroxylation is 1. The fourth-order valence-electron chi connectivity index (χ4n) is 2.71. The number of hydrogen-bond donors (Lipinski definition) is 1. The molecule has 0 aliphatic rings. The molecule has 8 heteroatoms. The number of ether oxygens (including phenoxy) is 1. The molecule has 3 rings (SSSR count). The lowest BCUT2D eigenvalue weighted by Gasteiger charge is -2.13. The van der Waals surface area contributed by atoms with Crippen LogP contribution in [0.4, 0.5) is 0 Å². The Labute approximate surface area is 184 Å². The summed E-state index contributed by atoms with van der Waals surface area (Å²) >= 11 is 7.46. The number of carbonyl (C=O) groups excluding carboxylic acids is 1. The van der Waals surface area contributed by atoms with Crippen molar-refractivity contribution in [1.82, 2.24) is 15.1 Å². The van der Waals surface area contributed by atoms with Crippen molar-refractivity contribution < 1.29 is 9.53 Å². The van der Waals surface area contributed by atoms with Crippen molar-refractivity contribution in [2.75, 3.05) is 7.11 Å². The number of methoxy groups -OCH3 is 1. The Kier molecular flexibility index (Phi) is 7.18. The van der Waals surface area contributed by atoms with Gasteiger partial charge in [-0.25, -0.2) is 0 Å². The van der Waals surface area contributed by atoms with Crippen LogP contribution in [0.2, 0.25) is 5.02 Å². The van der Waals surface area contributed by atoms with Gasteiger partial charge in [0.25, 0.3) is 5.56 Å². The number of thioether (sulfide) groups is 1. The number of nitrogens with one attached hydrogen (secondary N) is 1. The summed E-state index contributed by atoms with van der Waals surface area (Å²) < 4.78 is 6.48. The summed E-state index contributed by atoms with van der Waals surface area (Å²) in [6.07, 6.45) is 0. The normalized spacial score (nSPS) is 11.7. The average Bonchev–Trinajstić information content (AvgIpc) is 2.75. The van der Waals surface area contributed by atoms with Gasteiger partial charge in [0.15, 0.2) is 0 Å². The molecular weight excluding hydrogens is 422 g/mol. The topological polar surface area (TPSA) is 73.2 Å². The van der Waals surface area contributed by atoms with Gasteiger partial charge < -0.3 is 10.1 Å². The Balaban J connectivity index is 1.68. The molecule has 0 spiro atoms. The van der Waals surface area contributed by atoms with E-state index in [0.29, 0.717) is 22.3 Å². The second-order valence-corrected chi connectivity index (χ2v) is 8.45. The number of carbonyl (C=O) groups is 1. The van der Waals surface area contributed by atoms with E-state index in [2.05, 4.69) is 10.4 Å². The summed E-state index contributed by atoms with van der Waals surface area (Å²) in [7, 11) is 1.60. The van der Waals surface area contributed by atoms with Crippen LogP contribution in [0.1, 0.15) is 18.1 Å². The first-order valence-corrected chi connectivity index (χ1v) is 10.6. The Bertz CT molecular complexity index is 1120. The van der Waals surface area contributed by atoms with Crippen molar-refractivity contribution in [3.63, 3.8) is 0 Å². The maximum Gasteiger partial charge on any atom is 0.271 e. The monoisotopic (exact) mass is 443 g/mol. The summed E-state index contributed by atoms with van der Waals surface area (Å²) in [6, 6.07) is 15.9. The summed E-state index contributed by atoms with van der Waals surface area (Å²) in [5.41, 5.74) is 2.17. The molecule has 30 heavy (non-hydrogen) atoms. The van der Waals surface area contributed by atoms with Crippen molar-refractivity contribution in [3.8, 4) is 11.4 Å². The molecule has 156 valence electrons. The van der Waals surface area contributed by atoms with Gasteiger partial charge in [-0.05, 0) is 55.3 Å². The zero-order valence-corrected chi connectivity index (χ0v) is 18.5. The minimum absolute atomic E-state index is 0.124. The van der Waals surface area contributed by atoms with E-state index < -0.39 is 5.25 Å². The van der Waals surface area contributed by atoms with Crippen LogP contribution in [0.3, 0.4) is 0 Å². The van der Waals surface area contributed by atoms with E-state index in [9.17, 15) is 9.59 Å². The van der Waals surface area contributed by atoms with Crippen LogP contribution in [0, 0.1) is 6.92 Å². The third-order valence-electron chi connectivity index (χ3n) is 4.44. The van der Waals surface area contributed by atoms with Gasteiger partial charge in [0.2, 0.25) is 5.91 Å². The van der Waals surface area contributed by atoms with E-state index >= 15 is 0 Å². The van der Waals surface area contributed by atoms with Gasteiger partial charge in [-0.15, -0.1) is 0 Å². The molecule has 3 aromatic rings. The lowest BCUT2D eigenvalue weighted by Crippen LogP contribution is -2.30. The van der Waals surface area contributed by atoms with Crippen LogP contribution in [0.25, 0.3) is 5.69 Å². The first kappa shape index (κ1) is 21.9. The van der Waals surface area contributed by atoms with Crippen LogP contribution in [-0.4, -0.2) is 28.0 Å². The van der Waals surface area contributed by atoms with Gasteiger partial charge in [-0.2, -0.15) is 9.78 Å². The summed E-state index contributed by atoms with van der Waals surface area (Å²) in [4.78, 5) is 24.8. The molecule has 1 heterocycles. The molecule has 1 aromatic heterocycles. The minimum Gasteiger partial charge on any atom is -0.497 e. The van der Waals surface area contributed by atoms with Crippen molar-refractivity contribution in [1.29, 1.82) is 0 Å². The number of amides is 1. The van der Waals surface area contributed by atoms with E-state index in [-0.39, 0.29) is 11.5 Å². The van der Waals surface area contributed by atoms with E-state index in [1.165, 1.54) is 22.5 Å². The number of benzene rings is 2. The lowest BCUT2D eigenvalue weighted by molar-refractivity contribution is -0.120. The standard InChI is InChI=1S/C22H22ClN3O3S/c1-14-7-8-17(12-19(14)23)26-21(27)10-9-20(25-26)30-15(2)22(28)24-13-16-5-4-6-18(11-16)29-3/h4-12,15H,13H2,1-3H3,(H,24,28). The zero-order valence-electron chi connectivity index (χ0n) is 16.9. The van der Waals surface area contributed by atoms with Gasteiger partial charge >= 0.3 is 0 Å². The average molecular weight is 444 g/mol. The van der Waals surface area contributed by atoms with Crippen LogP contribution in [-0.2, 0) is 11.3 Å². The third-order valence-corrected chi connectivity index (χ3v) is 5.88. The van der Waals surface area contributed by atoms with Crippen LogP contribution >= 0.6 is 23.4 Å². The number of nitrogens with zero attached hydrogens (tertiary/aromatic N) is 2. The first-order valence-electron chi connectivity index (χ1n) is 9.31. The molecule has 1 amide bonds. The summed E-state index contributed by atoms with van der Waals surface area (Å²) in [6.45, 7) is 4.08. The van der Waals surface area contributed by atoms with Crippen molar-refractivity contribution in [2.45, 2.75) is 30.7 Å². The van der Waals surface area contributed by atoms with E-state index in [1.54, 1.807) is 32.2 Å². The molecular formula is C22H22ClN3O3S. The highest BCUT2D eigenvalue weighted by Gasteiger charge is 2.16. The molecule has 0 aliphatic carbocycles. The molecule has 0 radical (unpaired) electrons. The third kappa shape index (κ3) is 5.43. The minimum atomic E-state index is -0.393. The molecule has 0 saturated carbocycles. The van der Waals surface area contributed by atoms with Crippen LogP contribution in [0.15, 0.2) is 64.4 Å². The summed E-state index contributed by atoms with van der Waals surface area (Å²) in [5.74, 6) is 0.618. The van der Waals surface area contributed by atoms with Gasteiger partial charge in [-0.3, -0.25) is 9.59 Å². The highest BCUT2D eigenvalue weighted by Crippen LogP contribution is 2.22. The number of halogens is 1. The molecule has 0 fully saturated rings. The van der Waals surface area contributed by atoms with Gasteiger partial charge in [0.05, 0.1) is 18.0 Å². The number of rotatable bonds is 7. The van der Waals surface area contributed by atoms with E-state index in [1.807, 2.05) is 37.3 Å². The Morgan fingerprint density at radius 3 is 2.77 bits per heavy atom. The second kappa shape index (κ2) is 9.82. The largest absolute Gasteiger partial charge is 0.497 e. The van der Waals surface area contributed by atoms with Gasteiger partial charge in [-0.1, -0.05) is 41.6 Å². The molecule has 2 aromatic carbocycles. The fourth-order valence-corrected chi connectivity index (χ4v) is 3.71. The predicted molar refractivity (Wildman–Crippen MR) is 120 cm³/mol. The van der Waals surface area contributed by atoms with E-state index in [0.717, 1.165) is 16.9 Å². The molecule has 0 aliphatic heterocycles. The maximum atomic E-state index is 12.5. The number of aromatic nitrogens is 2. The van der Waals surface area contributed by atoms with E-state index in [4.69, 9.17) is 16.3 Å². The predicted octanol–water partition coefficient (Wildman–Crippen LogP) is 4.00.